The lowest BCUT2D eigenvalue weighted by Crippen LogP contribution is -2.41. The van der Waals surface area contributed by atoms with Crippen LogP contribution in [0.1, 0.15) is 30.8 Å². The fourth-order valence-corrected chi connectivity index (χ4v) is 4.44. The van der Waals surface area contributed by atoms with Crippen molar-refractivity contribution in [2.24, 2.45) is 0 Å². The highest BCUT2D eigenvalue weighted by atomic mass is 35.5. The standard InChI is InChI=1S/C20H20ClN5OS/c1-2-8-16-23-24-20-26(16)25-17(13-9-4-3-5-10-13)18(28-20)19(27)22-15-12-7-6-11-14(15)21/h3-7,9-12,17-18,25H,2,8H2,1H3,(H,22,27)/t17-,18-/m1/s1. The van der Waals surface area contributed by atoms with E-state index in [1.165, 1.54) is 11.8 Å². The van der Waals surface area contributed by atoms with E-state index in [1.54, 1.807) is 12.1 Å². The summed E-state index contributed by atoms with van der Waals surface area (Å²) in [6.07, 6.45) is 1.79. The Morgan fingerprint density at radius 3 is 2.68 bits per heavy atom. The molecule has 0 radical (unpaired) electrons. The number of hydrogen-bond donors (Lipinski definition) is 2. The lowest BCUT2D eigenvalue weighted by molar-refractivity contribution is -0.116. The van der Waals surface area contributed by atoms with Gasteiger partial charge in [0.15, 0.2) is 5.82 Å². The minimum atomic E-state index is -0.426. The second-order valence-electron chi connectivity index (χ2n) is 6.51. The smallest absolute Gasteiger partial charge is 0.240 e. The summed E-state index contributed by atoms with van der Waals surface area (Å²) in [7, 11) is 0. The summed E-state index contributed by atoms with van der Waals surface area (Å²) in [6.45, 7) is 2.10. The molecule has 1 aliphatic heterocycles. The number of halogens is 1. The molecule has 1 aromatic heterocycles. The molecule has 1 aliphatic rings. The third-order valence-electron chi connectivity index (χ3n) is 4.53. The van der Waals surface area contributed by atoms with E-state index in [2.05, 4.69) is 27.9 Å². The van der Waals surface area contributed by atoms with Crippen molar-refractivity contribution in [1.82, 2.24) is 14.9 Å². The summed E-state index contributed by atoms with van der Waals surface area (Å²) in [6, 6.07) is 16.9. The predicted octanol–water partition coefficient (Wildman–Crippen LogP) is 4.28. The predicted molar refractivity (Wildman–Crippen MR) is 112 cm³/mol. The second kappa shape index (κ2) is 8.24. The molecule has 0 aliphatic carbocycles. The molecule has 28 heavy (non-hydrogen) atoms. The van der Waals surface area contributed by atoms with Crippen molar-refractivity contribution in [3.05, 3.63) is 71.0 Å². The molecule has 4 rings (SSSR count). The molecule has 0 spiro atoms. The zero-order valence-corrected chi connectivity index (χ0v) is 16.9. The molecule has 0 bridgehead atoms. The summed E-state index contributed by atoms with van der Waals surface area (Å²) in [4.78, 5) is 13.2. The lowest BCUT2D eigenvalue weighted by Gasteiger charge is -2.33. The van der Waals surface area contributed by atoms with Crippen LogP contribution in [0.2, 0.25) is 5.02 Å². The van der Waals surface area contributed by atoms with Crippen molar-refractivity contribution < 1.29 is 4.79 Å². The monoisotopic (exact) mass is 413 g/mol. The zero-order valence-electron chi connectivity index (χ0n) is 15.3. The largest absolute Gasteiger partial charge is 0.324 e. The van der Waals surface area contributed by atoms with Gasteiger partial charge in [0, 0.05) is 6.42 Å². The van der Waals surface area contributed by atoms with Gasteiger partial charge in [0.25, 0.3) is 0 Å². The van der Waals surface area contributed by atoms with E-state index in [0.29, 0.717) is 15.9 Å². The van der Waals surface area contributed by atoms with Gasteiger partial charge in [0.1, 0.15) is 5.25 Å². The Bertz CT molecular complexity index is 978. The second-order valence-corrected chi connectivity index (χ2v) is 8.03. The van der Waals surface area contributed by atoms with Gasteiger partial charge in [-0.2, -0.15) is 0 Å². The van der Waals surface area contributed by atoms with E-state index in [9.17, 15) is 4.79 Å². The number of thioether (sulfide) groups is 1. The Morgan fingerprint density at radius 2 is 1.93 bits per heavy atom. The van der Waals surface area contributed by atoms with Crippen molar-refractivity contribution in [2.75, 3.05) is 10.7 Å². The number of carbonyl (C=O) groups excluding carboxylic acids is 1. The number of amides is 1. The quantitative estimate of drug-likeness (QED) is 0.653. The molecule has 2 atom stereocenters. The van der Waals surface area contributed by atoms with Crippen LogP contribution in [-0.4, -0.2) is 26.0 Å². The van der Waals surface area contributed by atoms with Gasteiger partial charge in [-0.15, -0.1) is 10.2 Å². The number of aromatic nitrogens is 3. The zero-order chi connectivity index (χ0) is 19.5. The SMILES string of the molecule is CCCc1nnc2n1N[C@H](c1ccccc1)[C@H](C(=O)Nc1ccccc1Cl)S2. The molecule has 0 fully saturated rings. The van der Waals surface area contributed by atoms with Crippen molar-refractivity contribution >= 4 is 35.0 Å². The lowest BCUT2D eigenvalue weighted by atomic mass is 10.0. The number of rotatable bonds is 5. The highest BCUT2D eigenvalue weighted by Gasteiger charge is 2.37. The maximum absolute atomic E-state index is 13.2. The van der Waals surface area contributed by atoms with Crippen LogP contribution in [0.5, 0.6) is 0 Å². The number of aryl methyl sites for hydroxylation is 1. The summed E-state index contributed by atoms with van der Waals surface area (Å²) in [5, 5.41) is 12.3. The first-order valence-electron chi connectivity index (χ1n) is 9.15. The third-order valence-corrected chi connectivity index (χ3v) is 6.07. The van der Waals surface area contributed by atoms with Gasteiger partial charge in [0.05, 0.1) is 16.8 Å². The Labute approximate surface area is 172 Å². The van der Waals surface area contributed by atoms with Crippen LogP contribution in [0.4, 0.5) is 5.69 Å². The minimum Gasteiger partial charge on any atom is -0.324 e. The van der Waals surface area contributed by atoms with Crippen molar-refractivity contribution in [2.45, 2.75) is 36.2 Å². The maximum atomic E-state index is 13.2. The van der Waals surface area contributed by atoms with Crippen LogP contribution < -0.4 is 10.7 Å². The molecule has 0 saturated heterocycles. The summed E-state index contributed by atoms with van der Waals surface area (Å²) < 4.78 is 1.91. The van der Waals surface area contributed by atoms with E-state index in [0.717, 1.165) is 24.2 Å². The number of para-hydroxylation sites is 1. The average Bonchev–Trinajstić information content (AvgIpc) is 3.11. The number of carbonyl (C=O) groups is 1. The normalized spacial score (nSPS) is 18.2. The first-order valence-corrected chi connectivity index (χ1v) is 10.4. The Kier molecular flexibility index (Phi) is 5.54. The molecule has 6 nitrogen and oxygen atoms in total. The molecule has 3 aromatic rings. The van der Waals surface area contributed by atoms with Crippen LogP contribution in [0.15, 0.2) is 59.8 Å². The summed E-state index contributed by atoms with van der Waals surface area (Å²) in [5.41, 5.74) is 5.08. The molecular weight excluding hydrogens is 394 g/mol. The van der Waals surface area contributed by atoms with Crippen molar-refractivity contribution in [3.63, 3.8) is 0 Å². The Hall–Kier alpha value is -2.51. The average molecular weight is 414 g/mol. The summed E-state index contributed by atoms with van der Waals surface area (Å²) >= 11 is 7.63. The molecule has 2 aromatic carbocycles. The van der Waals surface area contributed by atoms with Gasteiger partial charge in [0.2, 0.25) is 11.1 Å². The molecule has 8 heteroatoms. The van der Waals surface area contributed by atoms with E-state index >= 15 is 0 Å². The third kappa shape index (κ3) is 3.72. The number of hydrogen-bond acceptors (Lipinski definition) is 5. The van der Waals surface area contributed by atoms with Crippen molar-refractivity contribution in [3.8, 4) is 0 Å². The van der Waals surface area contributed by atoms with Crippen LogP contribution in [-0.2, 0) is 11.2 Å². The fraction of sp³-hybridized carbons (Fsp3) is 0.250. The Morgan fingerprint density at radius 1 is 1.18 bits per heavy atom. The topological polar surface area (TPSA) is 71.8 Å². The van der Waals surface area contributed by atoms with Gasteiger partial charge in [-0.05, 0) is 24.1 Å². The van der Waals surface area contributed by atoms with E-state index < -0.39 is 5.25 Å². The maximum Gasteiger partial charge on any atom is 0.240 e. The van der Waals surface area contributed by atoms with Crippen LogP contribution in [0.25, 0.3) is 0 Å². The van der Waals surface area contributed by atoms with Gasteiger partial charge >= 0.3 is 0 Å². The first-order chi connectivity index (χ1) is 13.7. The van der Waals surface area contributed by atoms with E-state index in [-0.39, 0.29) is 11.9 Å². The van der Waals surface area contributed by atoms with Crippen LogP contribution >= 0.6 is 23.4 Å². The molecule has 2 N–H and O–H groups in total. The van der Waals surface area contributed by atoms with Gasteiger partial charge in [-0.25, -0.2) is 4.68 Å². The van der Waals surface area contributed by atoms with Gasteiger partial charge in [-0.3, -0.25) is 4.79 Å². The number of nitrogens with one attached hydrogen (secondary N) is 2. The number of anilines is 1. The number of benzene rings is 2. The molecule has 1 amide bonds. The highest BCUT2D eigenvalue weighted by molar-refractivity contribution is 8.00. The molecule has 0 saturated carbocycles. The Balaban J connectivity index is 1.67. The molecule has 2 heterocycles. The fourth-order valence-electron chi connectivity index (χ4n) is 3.16. The van der Waals surface area contributed by atoms with Gasteiger partial charge < -0.3 is 10.7 Å². The molecule has 144 valence electrons. The van der Waals surface area contributed by atoms with Crippen LogP contribution in [0, 0.1) is 0 Å². The minimum absolute atomic E-state index is 0.134. The highest BCUT2D eigenvalue weighted by Crippen LogP contribution is 2.38. The first kappa shape index (κ1) is 18.8. The number of fused-ring (bicyclic) bond motifs is 1. The van der Waals surface area contributed by atoms with Crippen molar-refractivity contribution in [1.29, 1.82) is 0 Å². The summed E-state index contributed by atoms with van der Waals surface area (Å²) in [5.74, 6) is 0.738. The molecular formula is C20H20ClN5OS. The number of nitrogens with zero attached hydrogens (tertiary/aromatic N) is 3. The van der Waals surface area contributed by atoms with E-state index in [4.69, 9.17) is 11.6 Å². The van der Waals surface area contributed by atoms with Gasteiger partial charge in [-0.1, -0.05) is 72.8 Å². The van der Waals surface area contributed by atoms with E-state index in [1.807, 2.05) is 47.1 Å². The molecule has 0 unspecified atom stereocenters. The van der Waals surface area contributed by atoms with Crippen LogP contribution in [0.3, 0.4) is 0 Å².